The van der Waals surface area contributed by atoms with Crippen molar-refractivity contribution in [2.45, 2.75) is 31.2 Å². The van der Waals surface area contributed by atoms with Crippen molar-refractivity contribution in [1.29, 1.82) is 0 Å². The van der Waals surface area contributed by atoms with Gasteiger partial charge in [-0.05, 0) is 12.8 Å². The molecule has 2 aliphatic rings. The number of carboxylic acids is 1. The molecule has 1 saturated carbocycles. The largest absolute Gasteiger partial charge is 0.481 e. The molecule has 1 atom stereocenters. The molecule has 3 rings (SSSR count). The van der Waals surface area contributed by atoms with E-state index in [9.17, 15) is 4.79 Å². The molecule has 1 unspecified atom stereocenters. The lowest BCUT2D eigenvalue weighted by atomic mass is 10.2. The molecule has 2 fully saturated rings. The molecule has 7 heteroatoms. The van der Waals surface area contributed by atoms with Crippen molar-refractivity contribution in [2.24, 2.45) is 0 Å². The lowest BCUT2D eigenvalue weighted by Crippen LogP contribution is -2.43. The second kappa shape index (κ2) is 5.05. The number of thioether (sulfide) groups is 1. The Labute approximate surface area is 114 Å². The van der Waals surface area contributed by atoms with E-state index in [0.29, 0.717) is 5.92 Å². The van der Waals surface area contributed by atoms with Crippen molar-refractivity contribution in [3.8, 4) is 0 Å². The van der Waals surface area contributed by atoms with Gasteiger partial charge < -0.3 is 10.0 Å². The van der Waals surface area contributed by atoms with Crippen LogP contribution in [-0.4, -0.2) is 44.5 Å². The fraction of sp³-hybridized carbons (Fsp3) is 0.727. The third-order valence-electron chi connectivity index (χ3n) is 3.26. The number of carboxylic acid groups (broad SMARTS) is 1. The molecule has 18 heavy (non-hydrogen) atoms. The zero-order chi connectivity index (χ0) is 12.5. The van der Waals surface area contributed by atoms with Crippen LogP contribution in [0, 0.1) is 0 Å². The van der Waals surface area contributed by atoms with Gasteiger partial charge in [-0.15, -0.1) is 0 Å². The van der Waals surface area contributed by atoms with Gasteiger partial charge >= 0.3 is 5.97 Å². The molecule has 1 aromatic rings. The van der Waals surface area contributed by atoms with E-state index in [4.69, 9.17) is 5.11 Å². The average molecular weight is 285 g/mol. The number of aromatic nitrogens is 2. The second-order valence-electron chi connectivity index (χ2n) is 4.73. The molecule has 0 spiro atoms. The fourth-order valence-electron chi connectivity index (χ4n) is 2.13. The number of anilines is 1. The van der Waals surface area contributed by atoms with Gasteiger partial charge in [-0.25, -0.2) is 4.98 Å². The smallest absolute Gasteiger partial charge is 0.305 e. The molecular formula is C11H15N3O2S2. The Balaban J connectivity index is 1.75. The summed E-state index contributed by atoms with van der Waals surface area (Å²) >= 11 is 3.24. The lowest BCUT2D eigenvalue weighted by molar-refractivity contribution is -0.137. The van der Waals surface area contributed by atoms with Crippen LogP contribution < -0.4 is 4.90 Å². The van der Waals surface area contributed by atoms with Crippen molar-refractivity contribution in [2.75, 3.05) is 23.0 Å². The monoisotopic (exact) mass is 285 g/mol. The predicted molar refractivity (Wildman–Crippen MR) is 72.6 cm³/mol. The van der Waals surface area contributed by atoms with E-state index in [1.54, 1.807) is 0 Å². The molecule has 5 nitrogen and oxygen atoms in total. The van der Waals surface area contributed by atoms with Gasteiger partial charge in [-0.2, -0.15) is 16.1 Å². The molecule has 0 aromatic carbocycles. The standard InChI is InChI=1S/C11H15N3O2S2/c15-9(16)5-8-6-17-4-3-14(8)11-12-10(13-18-11)7-1-2-7/h7-8H,1-6H2,(H,15,16). The highest BCUT2D eigenvalue weighted by Gasteiger charge is 2.31. The Hall–Kier alpha value is -0.820. The third-order valence-corrected chi connectivity index (χ3v) is 5.12. The number of rotatable bonds is 4. The van der Waals surface area contributed by atoms with E-state index in [-0.39, 0.29) is 12.5 Å². The van der Waals surface area contributed by atoms with Crippen LogP contribution in [0.2, 0.25) is 0 Å². The van der Waals surface area contributed by atoms with E-state index in [1.165, 1.54) is 24.4 Å². The topological polar surface area (TPSA) is 66.3 Å². The highest BCUT2D eigenvalue weighted by Crippen LogP contribution is 2.40. The number of hydrogen-bond donors (Lipinski definition) is 1. The first-order valence-electron chi connectivity index (χ1n) is 6.14. The quantitative estimate of drug-likeness (QED) is 0.910. The van der Waals surface area contributed by atoms with Gasteiger partial charge in [0.25, 0.3) is 0 Å². The number of carbonyl (C=O) groups is 1. The van der Waals surface area contributed by atoms with E-state index >= 15 is 0 Å². The first-order chi connectivity index (χ1) is 8.74. The molecule has 1 saturated heterocycles. The van der Waals surface area contributed by atoms with Gasteiger partial charge in [0, 0.05) is 35.5 Å². The van der Waals surface area contributed by atoms with Crippen molar-refractivity contribution in [3.63, 3.8) is 0 Å². The summed E-state index contributed by atoms with van der Waals surface area (Å²) in [4.78, 5) is 17.6. The Morgan fingerprint density at radius 1 is 1.50 bits per heavy atom. The molecule has 98 valence electrons. The van der Waals surface area contributed by atoms with Crippen molar-refractivity contribution < 1.29 is 9.90 Å². The molecule has 1 N–H and O–H groups in total. The maximum absolute atomic E-state index is 10.9. The molecule has 0 amide bonds. The summed E-state index contributed by atoms with van der Waals surface area (Å²) in [5.74, 6) is 2.69. The average Bonchev–Trinajstić information content (AvgIpc) is 3.08. The Morgan fingerprint density at radius 3 is 3.06 bits per heavy atom. The predicted octanol–water partition coefficient (Wildman–Crippen LogP) is 1.81. The van der Waals surface area contributed by atoms with Crippen LogP contribution in [0.3, 0.4) is 0 Å². The highest BCUT2D eigenvalue weighted by molar-refractivity contribution is 7.99. The Bertz CT molecular complexity index is 447. The summed E-state index contributed by atoms with van der Waals surface area (Å²) in [5, 5.41) is 9.87. The summed E-state index contributed by atoms with van der Waals surface area (Å²) in [5.41, 5.74) is 0. The maximum atomic E-state index is 10.9. The van der Waals surface area contributed by atoms with Crippen molar-refractivity contribution >= 4 is 34.4 Å². The summed E-state index contributed by atoms with van der Waals surface area (Å²) in [7, 11) is 0. The van der Waals surface area contributed by atoms with Crippen LogP contribution in [0.1, 0.15) is 31.0 Å². The number of hydrogen-bond acceptors (Lipinski definition) is 6. The minimum atomic E-state index is -0.737. The van der Waals surface area contributed by atoms with Gasteiger partial charge in [0.1, 0.15) is 5.82 Å². The minimum absolute atomic E-state index is 0.0567. The van der Waals surface area contributed by atoms with Crippen LogP contribution >= 0.6 is 23.3 Å². The lowest BCUT2D eigenvalue weighted by Gasteiger charge is -2.33. The van der Waals surface area contributed by atoms with Gasteiger partial charge in [-0.1, -0.05) is 0 Å². The van der Waals surface area contributed by atoms with Gasteiger partial charge in [0.15, 0.2) is 0 Å². The van der Waals surface area contributed by atoms with Crippen LogP contribution in [0.25, 0.3) is 0 Å². The summed E-state index contributed by atoms with van der Waals surface area (Å²) in [6.45, 7) is 0.877. The van der Waals surface area contributed by atoms with Gasteiger partial charge in [0.2, 0.25) is 5.13 Å². The zero-order valence-electron chi connectivity index (χ0n) is 9.91. The van der Waals surface area contributed by atoms with Crippen molar-refractivity contribution in [1.82, 2.24) is 9.36 Å². The molecule has 0 radical (unpaired) electrons. The molecular weight excluding hydrogens is 270 g/mol. The normalized spacial score (nSPS) is 24.2. The first-order valence-corrected chi connectivity index (χ1v) is 8.06. The van der Waals surface area contributed by atoms with E-state index in [1.807, 2.05) is 11.8 Å². The Kier molecular flexibility index (Phi) is 3.43. The van der Waals surface area contributed by atoms with E-state index in [2.05, 4.69) is 14.3 Å². The summed E-state index contributed by atoms with van der Waals surface area (Å²) in [6, 6.07) is 0.0567. The second-order valence-corrected chi connectivity index (χ2v) is 6.61. The fourth-order valence-corrected chi connectivity index (χ4v) is 4.03. The third kappa shape index (κ3) is 2.61. The highest BCUT2D eigenvalue weighted by atomic mass is 32.2. The van der Waals surface area contributed by atoms with Gasteiger partial charge in [-0.3, -0.25) is 4.79 Å². The maximum Gasteiger partial charge on any atom is 0.305 e. The van der Waals surface area contributed by atoms with E-state index in [0.717, 1.165) is 29.0 Å². The van der Waals surface area contributed by atoms with E-state index < -0.39 is 5.97 Å². The minimum Gasteiger partial charge on any atom is -0.481 e. The molecule has 2 heterocycles. The Morgan fingerprint density at radius 2 is 2.33 bits per heavy atom. The SMILES string of the molecule is O=C(O)CC1CSCCN1c1nc(C2CC2)ns1. The molecule has 1 aromatic heterocycles. The van der Waals surface area contributed by atoms with Gasteiger partial charge in [0.05, 0.1) is 12.5 Å². The molecule has 1 aliphatic carbocycles. The summed E-state index contributed by atoms with van der Waals surface area (Å²) < 4.78 is 4.40. The zero-order valence-corrected chi connectivity index (χ0v) is 11.5. The molecule has 1 aliphatic heterocycles. The summed E-state index contributed by atoms with van der Waals surface area (Å²) in [6.07, 6.45) is 2.58. The first kappa shape index (κ1) is 12.2. The van der Waals surface area contributed by atoms with Crippen molar-refractivity contribution in [3.05, 3.63) is 5.82 Å². The van der Waals surface area contributed by atoms with Crippen LogP contribution in [0.4, 0.5) is 5.13 Å². The van der Waals surface area contributed by atoms with Crippen LogP contribution in [-0.2, 0) is 4.79 Å². The molecule has 0 bridgehead atoms. The van der Waals surface area contributed by atoms with Crippen LogP contribution in [0.5, 0.6) is 0 Å². The number of nitrogens with zero attached hydrogens (tertiary/aromatic N) is 3. The van der Waals surface area contributed by atoms with Crippen LogP contribution in [0.15, 0.2) is 0 Å². The number of aliphatic carboxylic acids is 1.